The van der Waals surface area contributed by atoms with Crippen LogP contribution in [-0.2, 0) is 650 Å². The first kappa shape index (κ1) is 150. The minimum Gasteiger partial charge on any atom is -0.424 e. The van der Waals surface area contributed by atoms with Gasteiger partial charge in [0, 0.05) is 670 Å². The summed E-state index contributed by atoms with van der Waals surface area (Å²) in [6.45, 7) is 58.6. The molecule has 0 saturated carbocycles. The molecule has 0 bridgehead atoms. The van der Waals surface area contributed by atoms with Gasteiger partial charge in [-0.15, -0.1) is 8.07 Å². The average molecular weight is 2540 g/mol. The molecule has 1 atom stereocenters. The minimum absolute atomic E-state index is 0. The van der Waals surface area contributed by atoms with Crippen molar-refractivity contribution in [3.05, 3.63) is 32.7 Å². The molecule has 0 aliphatic heterocycles. The summed E-state index contributed by atoms with van der Waals surface area (Å²) in [5, 5.41) is 0. The minimum atomic E-state index is -3.85. The normalized spacial score (nSPS) is 11.4. The van der Waals surface area contributed by atoms with Crippen molar-refractivity contribution >= 4 is 106 Å². The van der Waals surface area contributed by atoms with Crippen molar-refractivity contribution < 1.29 is 655 Å². The fraction of sp³-hybridized carbons (Fsp3) is 0.821. The van der Waals surface area contributed by atoms with Crippen LogP contribution in [0.15, 0.2) is 0 Å². The predicted molar refractivity (Wildman–Crippen MR) is 241 cm³/mol. The van der Waals surface area contributed by atoms with E-state index in [0.29, 0.717) is 0 Å². The fourth-order valence-corrected chi connectivity index (χ4v) is 32.5. The van der Waals surface area contributed by atoms with E-state index in [1.54, 1.807) is 7.06 Å². The number of rotatable bonds is 22. The van der Waals surface area contributed by atoms with Crippen LogP contribution < -0.4 is 0 Å². The van der Waals surface area contributed by atoms with Crippen molar-refractivity contribution in [2.75, 3.05) is 0 Å². The predicted octanol–water partition coefficient (Wildman–Crippen LogP) is 8.27. The van der Waals surface area contributed by atoms with Gasteiger partial charge in [0.05, 0.1) is 6.60 Å². The van der Waals surface area contributed by atoms with Crippen LogP contribution in [0.3, 0.4) is 0 Å². The molecule has 1 N–H and O–H groups in total. The molecule has 8 nitrogen and oxygen atoms in total. The summed E-state index contributed by atoms with van der Waals surface area (Å²) in [5.74, 6) is 0.775. The maximum Gasteiger partial charge on any atom is 0.643 e. The second-order valence-corrected chi connectivity index (χ2v) is 58.2. The van der Waals surface area contributed by atoms with E-state index >= 15 is 0 Å². The Morgan fingerprint density at radius 1 is 0.412 bits per heavy atom. The fourth-order valence-electron chi connectivity index (χ4n) is 4.44. The Morgan fingerprint density at radius 2 is 0.662 bits per heavy atom. The molecule has 22 radical (unpaired) electrons. The molecule has 0 spiro atoms. The van der Waals surface area contributed by atoms with Crippen molar-refractivity contribution in [2.24, 2.45) is 0 Å². The summed E-state index contributed by atoms with van der Waals surface area (Å²) in [4.78, 5) is 11.6. The molecule has 0 saturated heterocycles. The van der Waals surface area contributed by atoms with E-state index in [9.17, 15) is 4.80 Å². The summed E-state index contributed by atoms with van der Waals surface area (Å²) in [5.41, 5.74) is 0. The van der Waals surface area contributed by atoms with Crippen molar-refractivity contribution in [3.8, 4) is 0 Å². The molecule has 0 amide bonds. The van der Waals surface area contributed by atoms with Gasteiger partial charge in [-0.2, -0.15) is 0 Å². The van der Waals surface area contributed by atoms with Gasteiger partial charge in [-0.25, -0.2) is 0 Å². The SMILES string of the molecule is [B][B]B(CCC[Si](C)(C)O[Si](O)(O[Si]([CH2-])(C)C)O[Si](C)(C)CC)C[Si](C)(C)O[Si](O[Si]([CH2-])(C)C)(O[Si]([CH2-])(C)C)O[Si]([CH2-])(C)C.[CH2-][Si](C)(C)C.[Y].[Y].[Y].[Y].[Y].[Y].[Y].[Y].[Y].[Y].[Y].[Y].[Y].[Y].[Y].[Y].[Y].[Y].[Y]. The Kier molecular flexibility index (Phi) is 161. The van der Waals surface area contributed by atoms with Crippen LogP contribution in [0.1, 0.15) is 13.3 Å². The molecule has 0 aliphatic carbocycles. The average Bonchev–Trinajstić information content (AvgIpc) is 2.69. The quantitative estimate of drug-likeness (QED) is 0.0858. The van der Waals surface area contributed by atoms with Crippen LogP contribution >= 0.6 is 0 Å². The number of hydrogen-bond acceptors (Lipinski definition) is 8. The molecule has 0 aromatic heterocycles. The Morgan fingerprint density at radius 3 is 0.882 bits per heavy atom. The van der Waals surface area contributed by atoms with E-state index < -0.39 is 84.4 Å². The summed E-state index contributed by atoms with van der Waals surface area (Å²) in [6.07, 6.45) is 1.75. The molecule has 346 valence electrons. The molecular weight excluding hydrogens is 2470 g/mol. The monoisotopic (exact) mass is 2540 g/mol. The zero-order chi connectivity index (χ0) is 39.8. The van der Waals surface area contributed by atoms with Gasteiger partial charge in [0.25, 0.3) is 0 Å². The van der Waals surface area contributed by atoms with Gasteiger partial charge in [-0.1, -0.05) is 97.6 Å². The van der Waals surface area contributed by atoms with E-state index in [1.807, 2.05) is 52.4 Å². The maximum absolute atomic E-state index is 11.6. The summed E-state index contributed by atoms with van der Waals surface area (Å²) in [6, 6.07) is 1.68. The van der Waals surface area contributed by atoms with E-state index in [0.717, 1.165) is 30.8 Å². The van der Waals surface area contributed by atoms with Gasteiger partial charge < -0.3 is 66.3 Å². The first-order valence-electron chi connectivity index (χ1n) is 17.6. The Hall–Kier alpha value is 23.0. The van der Waals surface area contributed by atoms with Crippen molar-refractivity contribution in [2.45, 2.75) is 149 Å². The summed E-state index contributed by atoms with van der Waals surface area (Å²) in [7, 11) is -16.7. The second kappa shape index (κ2) is 72.8. The number of hydrogen-bond donors (Lipinski definition) is 1. The van der Waals surface area contributed by atoms with Crippen molar-refractivity contribution in [3.63, 3.8) is 0 Å². The first-order chi connectivity index (χ1) is 21.1. The smallest absolute Gasteiger partial charge is 0.424 e. The van der Waals surface area contributed by atoms with Crippen LogP contribution in [0.4, 0.5) is 0 Å². The Bertz CT molecular complexity index is 978. The van der Waals surface area contributed by atoms with Crippen LogP contribution in [-0.4, -0.2) is 111 Å². The van der Waals surface area contributed by atoms with Gasteiger partial charge in [0.15, 0.2) is 25.0 Å². The molecular formula is C28H75B3O8Si10Y19-5. The van der Waals surface area contributed by atoms with Crippen LogP contribution in [0.2, 0.25) is 136 Å². The second-order valence-electron chi connectivity index (χ2n) is 19.0. The molecule has 0 fully saturated rings. The first-order valence-corrected chi connectivity index (χ1v) is 46.4. The zero-order valence-corrected chi connectivity index (χ0v) is 110. The molecule has 68 heavy (non-hydrogen) atoms. The van der Waals surface area contributed by atoms with Gasteiger partial charge >= 0.3 is 18.1 Å². The molecule has 0 rings (SSSR count). The Labute approximate surface area is 915 Å². The molecule has 40 heteroatoms. The van der Waals surface area contributed by atoms with E-state index in [1.165, 1.54) is 0 Å². The Balaban J connectivity index is -0.0000000459. The van der Waals surface area contributed by atoms with Crippen molar-refractivity contribution in [1.82, 2.24) is 0 Å². The third-order valence-electron chi connectivity index (χ3n) is 6.05. The van der Waals surface area contributed by atoms with E-state index in [2.05, 4.69) is 98.6 Å². The van der Waals surface area contributed by atoms with Crippen LogP contribution in [0, 0.1) is 32.7 Å². The van der Waals surface area contributed by atoms with Crippen molar-refractivity contribution in [1.29, 1.82) is 0 Å². The topological polar surface area (TPSA) is 84.8 Å². The van der Waals surface area contributed by atoms with E-state index in [-0.39, 0.29) is 628 Å². The molecule has 0 aliphatic rings. The summed E-state index contributed by atoms with van der Waals surface area (Å²) >= 11 is 0. The van der Waals surface area contributed by atoms with Crippen LogP contribution in [0.5, 0.6) is 0 Å². The van der Waals surface area contributed by atoms with Crippen LogP contribution in [0.25, 0.3) is 0 Å². The largest absolute Gasteiger partial charge is 0.643 e. The summed E-state index contributed by atoms with van der Waals surface area (Å²) < 4.78 is 45.7. The maximum atomic E-state index is 11.6. The van der Waals surface area contributed by atoms with Gasteiger partial charge in [0.2, 0.25) is 0 Å². The standard InChI is InChI=1S/C24H64B3O8Si9.C4H11Si.19Y/c1-20-40(14,15)33-43(28,29-36(2,3)4)34-41(16,17)23-21-22-27(26-25)24-42(18,19)35-44(30-37(5,6)7,31-38(8,9)10)32-39(11,12)13;1-5(2,3)4;;;;;;;;;;;;;;;;;;;/h28H,2,5,8,11,20-24H2,1,3-4,6-7,9-10,12-19H3;1H2,2-4H3;;;;;;;;;;;;;;;;;;;/q-4;-1;;;;;;;;;;;;;;;;;;;. The van der Waals surface area contributed by atoms with Gasteiger partial charge in [0.1, 0.15) is 0 Å². The molecule has 0 aromatic carbocycles. The molecule has 0 heterocycles. The van der Waals surface area contributed by atoms with E-state index in [4.69, 9.17) is 36.5 Å². The molecule has 0 aromatic rings. The van der Waals surface area contributed by atoms with Gasteiger partial charge in [-0.3, -0.25) is 0 Å². The third-order valence-corrected chi connectivity index (χ3v) is 33.4. The van der Waals surface area contributed by atoms with Gasteiger partial charge in [-0.05, 0) is 51.4 Å². The molecule has 1 unspecified atom stereocenters. The third kappa shape index (κ3) is 103. The zero-order valence-electron chi connectivity index (χ0n) is 46.1.